The summed E-state index contributed by atoms with van der Waals surface area (Å²) in [4.78, 5) is 17.1. The molecule has 1 fully saturated rings. The zero-order valence-electron chi connectivity index (χ0n) is 9.55. The molecule has 0 aromatic carbocycles. The number of anilines is 1. The third-order valence-electron chi connectivity index (χ3n) is 3.31. The van der Waals surface area contributed by atoms with Gasteiger partial charge in [-0.1, -0.05) is 0 Å². The van der Waals surface area contributed by atoms with E-state index in [1.54, 1.807) is 24.1 Å². The largest absolute Gasteiger partial charge is 0.480 e. The van der Waals surface area contributed by atoms with Crippen molar-refractivity contribution in [3.63, 3.8) is 0 Å². The Bertz CT molecular complexity index is 495. The van der Waals surface area contributed by atoms with Crippen LogP contribution >= 0.6 is 0 Å². The molecule has 5 nitrogen and oxygen atoms in total. The Hall–Kier alpha value is -2.09. The minimum absolute atomic E-state index is 0.467. The van der Waals surface area contributed by atoms with Gasteiger partial charge in [0.1, 0.15) is 11.6 Å². The van der Waals surface area contributed by atoms with E-state index < -0.39 is 11.5 Å². The number of hydrogen-bond acceptors (Lipinski definition) is 4. The second-order valence-electron chi connectivity index (χ2n) is 4.34. The fourth-order valence-corrected chi connectivity index (χ4v) is 2.27. The van der Waals surface area contributed by atoms with Crippen molar-refractivity contribution in [2.45, 2.75) is 25.3 Å². The summed E-state index contributed by atoms with van der Waals surface area (Å²) >= 11 is 0. The molecule has 0 bridgehead atoms. The van der Waals surface area contributed by atoms with Gasteiger partial charge < -0.3 is 10.0 Å². The number of aliphatic carboxylic acids is 1. The van der Waals surface area contributed by atoms with Crippen LogP contribution < -0.4 is 4.90 Å². The monoisotopic (exact) mass is 231 g/mol. The molecule has 0 radical (unpaired) electrons. The van der Waals surface area contributed by atoms with E-state index in [9.17, 15) is 9.90 Å². The van der Waals surface area contributed by atoms with Gasteiger partial charge in [0, 0.05) is 12.7 Å². The predicted molar refractivity (Wildman–Crippen MR) is 61.6 cm³/mol. The Morgan fingerprint density at radius 2 is 2.47 bits per heavy atom. The smallest absolute Gasteiger partial charge is 0.329 e. The highest BCUT2D eigenvalue weighted by molar-refractivity contribution is 5.84. The first-order chi connectivity index (χ1) is 8.09. The van der Waals surface area contributed by atoms with Crippen molar-refractivity contribution in [2.24, 2.45) is 0 Å². The summed E-state index contributed by atoms with van der Waals surface area (Å²) in [5.74, 6) is -0.859. The number of aromatic nitrogens is 1. The Morgan fingerprint density at radius 3 is 3.12 bits per heavy atom. The maximum Gasteiger partial charge on any atom is 0.329 e. The van der Waals surface area contributed by atoms with E-state index in [0.717, 1.165) is 6.42 Å². The van der Waals surface area contributed by atoms with E-state index >= 15 is 0 Å². The van der Waals surface area contributed by atoms with Crippen LogP contribution in [0.15, 0.2) is 18.5 Å². The average molecular weight is 231 g/mol. The molecule has 1 atom stereocenters. The van der Waals surface area contributed by atoms with Gasteiger partial charge in [-0.05, 0) is 25.8 Å². The van der Waals surface area contributed by atoms with Crippen molar-refractivity contribution in [2.75, 3.05) is 11.4 Å². The van der Waals surface area contributed by atoms with Crippen molar-refractivity contribution in [3.8, 4) is 6.07 Å². The fraction of sp³-hybridized carbons (Fsp3) is 0.417. The van der Waals surface area contributed by atoms with Crippen LogP contribution in [0.4, 0.5) is 5.69 Å². The lowest BCUT2D eigenvalue weighted by Gasteiger charge is -2.33. The van der Waals surface area contributed by atoms with Crippen molar-refractivity contribution in [1.82, 2.24) is 4.98 Å². The molecular weight excluding hydrogens is 218 g/mol. The van der Waals surface area contributed by atoms with E-state index in [4.69, 9.17) is 5.26 Å². The molecule has 1 N–H and O–H groups in total. The zero-order valence-corrected chi connectivity index (χ0v) is 9.55. The van der Waals surface area contributed by atoms with Gasteiger partial charge in [-0.2, -0.15) is 5.26 Å². The Labute approximate surface area is 99.3 Å². The summed E-state index contributed by atoms with van der Waals surface area (Å²) in [6.45, 7) is 2.33. The van der Waals surface area contributed by atoms with Gasteiger partial charge in [0.25, 0.3) is 0 Å². The number of carboxylic acid groups (broad SMARTS) is 1. The summed E-state index contributed by atoms with van der Waals surface area (Å²) in [5, 5.41) is 18.4. The molecule has 1 aromatic heterocycles. The molecule has 17 heavy (non-hydrogen) atoms. The van der Waals surface area contributed by atoms with Crippen LogP contribution in [0.5, 0.6) is 0 Å². The second kappa shape index (κ2) is 4.06. The quantitative estimate of drug-likeness (QED) is 0.832. The summed E-state index contributed by atoms with van der Waals surface area (Å²) < 4.78 is 0. The van der Waals surface area contributed by atoms with Crippen LogP contribution in [0.25, 0.3) is 0 Å². The van der Waals surface area contributed by atoms with Gasteiger partial charge in [-0.25, -0.2) is 4.79 Å². The number of nitriles is 1. The highest BCUT2D eigenvalue weighted by Crippen LogP contribution is 2.35. The molecule has 88 valence electrons. The topological polar surface area (TPSA) is 77.2 Å². The number of nitrogens with zero attached hydrogens (tertiary/aromatic N) is 3. The number of pyridine rings is 1. The van der Waals surface area contributed by atoms with Crippen LogP contribution in [0.1, 0.15) is 25.3 Å². The molecule has 0 amide bonds. The third kappa shape index (κ3) is 1.72. The Balaban J connectivity index is 2.47. The van der Waals surface area contributed by atoms with Crippen LogP contribution in [-0.2, 0) is 4.79 Å². The number of carbonyl (C=O) groups is 1. The molecular formula is C12H13N3O2. The van der Waals surface area contributed by atoms with Gasteiger partial charge in [-0.15, -0.1) is 0 Å². The highest BCUT2D eigenvalue weighted by atomic mass is 16.4. The number of hydrogen-bond donors (Lipinski definition) is 1. The molecule has 2 heterocycles. The second-order valence-corrected chi connectivity index (χ2v) is 4.34. The molecule has 1 aromatic rings. The molecule has 0 aliphatic carbocycles. The molecule has 1 aliphatic heterocycles. The van der Waals surface area contributed by atoms with Crippen molar-refractivity contribution in [1.29, 1.82) is 5.26 Å². The molecule has 2 rings (SSSR count). The van der Waals surface area contributed by atoms with Crippen LogP contribution in [0.3, 0.4) is 0 Å². The zero-order chi connectivity index (χ0) is 12.5. The average Bonchev–Trinajstić information content (AvgIpc) is 2.72. The standard InChI is InChI=1S/C12H13N3O2/c1-12(11(16)17)4-2-6-15(12)10-8-14-5-3-9(10)7-13/h3,5,8H,2,4,6H2,1H3,(H,16,17). The first-order valence-corrected chi connectivity index (χ1v) is 5.45. The molecule has 1 aliphatic rings. The first kappa shape index (κ1) is 11.4. The van der Waals surface area contributed by atoms with Crippen LogP contribution in [-0.4, -0.2) is 28.1 Å². The SMILES string of the molecule is CC1(C(=O)O)CCCN1c1cnccc1C#N. The van der Waals surface area contributed by atoms with Gasteiger partial charge in [0.2, 0.25) is 0 Å². The molecule has 0 saturated carbocycles. The van der Waals surface area contributed by atoms with E-state index in [2.05, 4.69) is 11.1 Å². The maximum absolute atomic E-state index is 11.4. The summed E-state index contributed by atoms with van der Waals surface area (Å²) in [5.41, 5.74) is 0.140. The normalized spacial score (nSPS) is 23.4. The van der Waals surface area contributed by atoms with Crippen molar-refractivity contribution < 1.29 is 9.90 Å². The van der Waals surface area contributed by atoms with Crippen LogP contribution in [0, 0.1) is 11.3 Å². The van der Waals surface area contributed by atoms with Gasteiger partial charge in [-0.3, -0.25) is 4.98 Å². The lowest BCUT2D eigenvalue weighted by Crippen LogP contribution is -2.48. The third-order valence-corrected chi connectivity index (χ3v) is 3.31. The van der Waals surface area contributed by atoms with E-state index in [-0.39, 0.29) is 0 Å². The minimum Gasteiger partial charge on any atom is -0.480 e. The minimum atomic E-state index is -0.936. The molecule has 1 saturated heterocycles. The lowest BCUT2D eigenvalue weighted by molar-refractivity contribution is -0.142. The summed E-state index contributed by atoms with van der Waals surface area (Å²) in [6, 6.07) is 3.68. The van der Waals surface area contributed by atoms with Crippen molar-refractivity contribution >= 4 is 11.7 Å². The first-order valence-electron chi connectivity index (χ1n) is 5.45. The Kier molecular flexibility index (Phi) is 2.72. The fourth-order valence-electron chi connectivity index (χ4n) is 2.27. The highest BCUT2D eigenvalue weighted by Gasteiger charge is 2.44. The summed E-state index contributed by atoms with van der Waals surface area (Å²) in [7, 11) is 0. The van der Waals surface area contributed by atoms with Crippen LogP contribution in [0.2, 0.25) is 0 Å². The lowest BCUT2D eigenvalue weighted by atomic mass is 9.98. The maximum atomic E-state index is 11.4. The number of carboxylic acids is 1. The van der Waals surface area contributed by atoms with E-state index in [1.807, 2.05) is 0 Å². The molecule has 0 spiro atoms. The van der Waals surface area contributed by atoms with Gasteiger partial charge in [0.15, 0.2) is 0 Å². The molecule has 5 heteroatoms. The van der Waals surface area contributed by atoms with Gasteiger partial charge >= 0.3 is 5.97 Å². The number of rotatable bonds is 2. The summed E-state index contributed by atoms with van der Waals surface area (Å²) in [6.07, 6.45) is 4.49. The van der Waals surface area contributed by atoms with Gasteiger partial charge in [0.05, 0.1) is 17.4 Å². The van der Waals surface area contributed by atoms with E-state index in [1.165, 1.54) is 6.20 Å². The van der Waals surface area contributed by atoms with Crippen molar-refractivity contribution in [3.05, 3.63) is 24.0 Å². The van der Waals surface area contributed by atoms with E-state index in [0.29, 0.717) is 24.2 Å². The predicted octanol–water partition coefficient (Wildman–Crippen LogP) is 1.40. The Morgan fingerprint density at radius 1 is 1.71 bits per heavy atom. The molecule has 1 unspecified atom stereocenters.